The summed E-state index contributed by atoms with van der Waals surface area (Å²) in [5, 5.41) is 6.13. The van der Waals surface area contributed by atoms with Gasteiger partial charge in [-0.3, -0.25) is 4.79 Å². The summed E-state index contributed by atoms with van der Waals surface area (Å²) in [7, 11) is 1.32. The topological polar surface area (TPSA) is 79.9 Å². The van der Waals surface area contributed by atoms with Gasteiger partial charge in [-0.2, -0.15) is 0 Å². The Balaban J connectivity index is 2.39. The number of ether oxygens (including phenoxy) is 2. The lowest BCUT2D eigenvalue weighted by Gasteiger charge is -2.29. The van der Waals surface area contributed by atoms with Crippen molar-refractivity contribution in [1.29, 1.82) is 0 Å². The number of carbonyl (C=O) groups is 2. The van der Waals surface area contributed by atoms with Gasteiger partial charge in [-0.15, -0.1) is 0 Å². The number of likely N-dealkylation sites (tertiary alicyclic amines) is 1. The number of hydrogen-bond acceptors (Lipinski definition) is 5. The van der Waals surface area contributed by atoms with Crippen molar-refractivity contribution in [1.82, 2.24) is 15.5 Å². The molecule has 22 heavy (non-hydrogen) atoms. The lowest BCUT2D eigenvalue weighted by molar-refractivity contribution is -0.139. The third-order valence-corrected chi connectivity index (χ3v) is 3.41. The quantitative estimate of drug-likeness (QED) is 0.588. The zero-order valence-electron chi connectivity index (χ0n) is 13.6. The maximum atomic E-state index is 12.1. The molecule has 0 unspecified atom stereocenters. The van der Waals surface area contributed by atoms with Gasteiger partial charge < -0.3 is 25.0 Å². The van der Waals surface area contributed by atoms with Crippen LogP contribution in [0.2, 0.25) is 0 Å². The molecule has 0 radical (unpaired) electrons. The zero-order chi connectivity index (χ0) is 16.8. The number of nitrogens with zero attached hydrogens (tertiary/aromatic N) is 1. The van der Waals surface area contributed by atoms with Crippen molar-refractivity contribution in [3.05, 3.63) is 0 Å². The van der Waals surface area contributed by atoms with E-state index in [2.05, 4.69) is 15.4 Å². The third-order valence-electron chi connectivity index (χ3n) is 3.12. The van der Waals surface area contributed by atoms with Gasteiger partial charge in [-0.05, 0) is 45.8 Å². The van der Waals surface area contributed by atoms with E-state index in [9.17, 15) is 9.59 Å². The summed E-state index contributed by atoms with van der Waals surface area (Å²) in [6, 6.07) is 0.0349. The van der Waals surface area contributed by atoms with Crippen LogP contribution in [0.5, 0.6) is 0 Å². The van der Waals surface area contributed by atoms with Crippen molar-refractivity contribution in [3.63, 3.8) is 0 Å². The van der Waals surface area contributed by atoms with E-state index in [1.165, 1.54) is 7.11 Å². The van der Waals surface area contributed by atoms with Gasteiger partial charge in [-0.25, -0.2) is 4.79 Å². The molecule has 0 aliphatic carbocycles. The minimum Gasteiger partial charge on any atom is -0.468 e. The van der Waals surface area contributed by atoms with Crippen LogP contribution in [0.1, 0.15) is 33.6 Å². The van der Waals surface area contributed by atoms with Crippen molar-refractivity contribution >= 4 is 29.4 Å². The summed E-state index contributed by atoms with van der Waals surface area (Å²) in [4.78, 5) is 24.9. The number of rotatable bonds is 4. The number of thiocarbonyl (C=S) groups is 1. The number of methoxy groups -OCH3 is 1. The van der Waals surface area contributed by atoms with Crippen molar-refractivity contribution < 1.29 is 19.1 Å². The number of hydrogen-bond donors (Lipinski definition) is 2. The van der Waals surface area contributed by atoms with Crippen molar-refractivity contribution in [2.24, 2.45) is 0 Å². The molecule has 1 amide bonds. The average Bonchev–Trinajstić information content (AvgIpc) is 2.89. The molecule has 7 nitrogen and oxygen atoms in total. The summed E-state index contributed by atoms with van der Waals surface area (Å²) in [5.41, 5.74) is -0.505. The maximum Gasteiger partial charge on any atom is 0.410 e. The number of esters is 1. The first kappa shape index (κ1) is 18.5. The van der Waals surface area contributed by atoms with Crippen LogP contribution in [0.4, 0.5) is 4.79 Å². The Labute approximate surface area is 136 Å². The largest absolute Gasteiger partial charge is 0.468 e. The standard InChI is InChI=1S/C14H25N3O4S/c1-14(2,3)21-13(19)17-7-5-6-10(17)8-15-12(22)16-9-11(18)20-4/h10H,5-9H2,1-4H3,(H2,15,16,22)/t10-/m0/s1. The Morgan fingerprint density at radius 1 is 1.32 bits per heavy atom. The summed E-state index contributed by atoms with van der Waals surface area (Å²) in [6.45, 7) is 6.76. The molecular formula is C14H25N3O4S. The lowest BCUT2D eigenvalue weighted by atomic mass is 10.2. The van der Waals surface area contributed by atoms with Crippen molar-refractivity contribution in [3.8, 4) is 0 Å². The number of amides is 1. The molecule has 1 rings (SSSR count). The van der Waals surface area contributed by atoms with Crippen LogP contribution < -0.4 is 10.6 Å². The van der Waals surface area contributed by atoms with E-state index < -0.39 is 5.60 Å². The first-order valence-corrected chi connectivity index (χ1v) is 7.72. The van der Waals surface area contributed by atoms with E-state index in [4.69, 9.17) is 17.0 Å². The smallest absolute Gasteiger partial charge is 0.410 e. The Bertz CT molecular complexity index is 423. The van der Waals surface area contributed by atoms with Crippen LogP contribution in [0.3, 0.4) is 0 Å². The highest BCUT2D eigenvalue weighted by atomic mass is 32.1. The van der Waals surface area contributed by atoms with E-state index in [0.29, 0.717) is 18.2 Å². The van der Waals surface area contributed by atoms with Crippen LogP contribution in [0.15, 0.2) is 0 Å². The molecule has 126 valence electrons. The second-order valence-electron chi connectivity index (χ2n) is 6.11. The van der Waals surface area contributed by atoms with E-state index in [-0.39, 0.29) is 24.6 Å². The predicted octanol–water partition coefficient (Wildman–Crippen LogP) is 1.02. The Morgan fingerprint density at radius 2 is 2.00 bits per heavy atom. The minimum absolute atomic E-state index is 0.0166. The molecule has 1 aliphatic heterocycles. The fourth-order valence-corrected chi connectivity index (χ4v) is 2.26. The van der Waals surface area contributed by atoms with Crippen LogP contribution in [0, 0.1) is 0 Å². The highest BCUT2D eigenvalue weighted by Gasteiger charge is 2.32. The van der Waals surface area contributed by atoms with Crippen molar-refractivity contribution in [2.45, 2.75) is 45.3 Å². The van der Waals surface area contributed by atoms with Gasteiger partial charge >= 0.3 is 12.1 Å². The molecule has 0 aromatic rings. The molecule has 0 saturated carbocycles. The van der Waals surface area contributed by atoms with Gasteiger partial charge in [0.05, 0.1) is 13.2 Å². The van der Waals surface area contributed by atoms with E-state index >= 15 is 0 Å². The van der Waals surface area contributed by atoms with Gasteiger partial charge in [0.15, 0.2) is 5.11 Å². The second-order valence-corrected chi connectivity index (χ2v) is 6.52. The van der Waals surface area contributed by atoms with Crippen LogP contribution >= 0.6 is 12.2 Å². The third kappa shape index (κ3) is 6.46. The van der Waals surface area contributed by atoms with E-state index in [0.717, 1.165) is 12.8 Å². The average molecular weight is 331 g/mol. The monoisotopic (exact) mass is 331 g/mol. The fraction of sp³-hybridized carbons (Fsp3) is 0.786. The first-order valence-electron chi connectivity index (χ1n) is 7.31. The molecule has 0 bridgehead atoms. The van der Waals surface area contributed by atoms with Gasteiger partial charge in [-0.1, -0.05) is 0 Å². The van der Waals surface area contributed by atoms with E-state index in [1.54, 1.807) is 4.90 Å². The summed E-state index contributed by atoms with van der Waals surface area (Å²) < 4.78 is 9.92. The predicted molar refractivity (Wildman–Crippen MR) is 86.6 cm³/mol. The molecule has 0 aromatic carbocycles. The Hall–Kier alpha value is -1.57. The lowest BCUT2D eigenvalue weighted by Crippen LogP contribution is -2.47. The summed E-state index contributed by atoms with van der Waals surface area (Å²) >= 11 is 5.08. The molecule has 1 atom stereocenters. The molecule has 0 aromatic heterocycles. The number of carbonyl (C=O) groups excluding carboxylic acids is 2. The van der Waals surface area contributed by atoms with Crippen LogP contribution in [0.25, 0.3) is 0 Å². The Kier molecular flexibility index (Phi) is 6.86. The molecule has 1 heterocycles. The van der Waals surface area contributed by atoms with Gasteiger partial charge in [0.2, 0.25) is 0 Å². The maximum absolute atomic E-state index is 12.1. The fourth-order valence-electron chi connectivity index (χ4n) is 2.11. The van der Waals surface area contributed by atoms with Gasteiger partial charge in [0.25, 0.3) is 0 Å². The van der Waals surface area contributed by atoms with Crippen LogP contribution in [-0.2, 0) is 14.3 Å². The summed E-state index contributed by atoms with van der Waals surface area (Å²) in [5.74, 6) is -0.389. The van der Waals surface area contributed by atoms with Gasteiger partial charge in [0.1, 0.15) is 12.1 Å². The summed E-state index contributed by atoms with van der Waals surface area (Å²) in [6.07, 6.45) is 1.53. The molecule has 0 spiro atoms. The zero-order valence-corrected chi connectivity index (χ0v) is 14.4. The molecule has 2 N–H and O–H groups in total. The first-order chi connectivity index (χ1) is 10.2. The van der Waals surface area contributed by atoms with E-state index in [1.807, 2.05) is 20.8 Å². The molecule has 1 saturated heterocycles. The molecule has 1 fully saturated rings. The van der Waals surface area contributed by atoms with Gasteiger partial charge in [0, 0.05) is 13.1 Å². The molecule has 8 heteroatoms. The second kappa shape index (κ2) is 8.17. The minimum atomic E-state index is -0.505. The number of nitrogens with one attached hydrogen (secondary N) is 2. The SMILES string of the molecule is COC(=O)CNC(=S)NC[C@@H]1CCCN1C(=O)OC(C)(C)C. The van der Waals surface area contributed by atoms with Crippen molar-refractivity contribution in [2.75, 3.05) is 26.7 Å². The van der Waals surface area contributed by atoms with Crippen LogP contribution in [-0.4, -0.2) is 60.5 Å². The molecule has 1 aliphatic rings. The highest BCUT2D eigenvalue weighted by Crippen LogP contribution is 2.20. The Morgan fingerprint density at radius 3 is 2.59 bits per heavy atom. The normalized spacial score (nSPS) is 17.8. The molecular weight excluding hydrogens is 306 g/mol. The highest BCUT2D eigenvalue weighted by molar-refractivity contribution is 7.80.